The van der Waals surface area contributed by atoms with Crippen LogP contribution >= 0.6 is 11.8 Å². The number of nitro benzene ring substituents is 1. The number of thioether (sulfide) groups is 1. The van der Waals surface area contributed by atoms with Gasteiger partial charge < -0.3 is 10.6 Å². The van der Waals surface area contributed by atoms with Gasteiger partial charge in [0, 0.05) is 28.4 Å². The van der Waals surface area contributed by atoms with Crippen molar-refractivity contribution in [1.82, 2.24) is 0 Å². The fourth-order valence-electron chi connectivity index (χ4n) is 1.69. The van der Waals surface area contributed by atoms with E-state index in [9.17, 15) is 14.9 Å². The fourth-order valence-corrected chi connectivity index (χ4v) is 2.15. The van der Waals surface area contributed by atoms with E-state index in [1.54, 1.807) is 23.9 Å². The van der Waals surface area contributed by atoms with Crippen LogP contribution in [0.5, 0.6) is 0 Å². The molecule has 2 aromatic carbocycles. The Morgan fingerprint density at radius 3 is 2.33 bits per heavy atom. The van der Waals surface area contributed by atoms with E-state index in [0.717, 1.165) is 4.90 Å². The van der Waals surface area contributed by atoms with Gasteiger partial charge in [0.2, 0.25) is 0 Å². The van der Waals surface area contributed by atoms with Crippen molar-refractivity contribution < 1.29 is 9.72 Å². The van der Waals surface area contributed by atoms with Crippen molar-refractivity contribution in [2.24, 2.45) is 0 Å². The Hall–Kier alpha value is -2.54. The first-order valence-corrected chi connectivity index (χ1v) is 7.27. The van der Waals surface area contributed by atoms with Gasteiger partial charge in [-0.05, 0) is 30.5 Å². The van der Waals surface area contributed by atoms with Crippen LogP contribution in [0.3, 0.4) is 0 Å². The SMILES string of the molecule is CSc1cccc(NC(=O)Nc2cccc([N+](=O)[O-])c2)c1. The average molecular weight is 303 g/mol. The van der Waals surface area contributed by atoms with Crippen LogP contribution in [0.25, 0.3) is 0 Å². The van der Waals surface area contributed by atoms with Crippen molar-refractivity contribution >= 4 is 34.9 Å². The number of amides is 2. The molecule has 0 spiro atoms. The Morgan fingerprint density at radius 2 is 1.71 bits per heavy atom. The maximum Gasteiger partial charge on any atom is 0.323 e. The topological polar surface area (TPSA) is 84.3 Å². The number of nitrogens with one attached hydrogen (secondary N) is 2. The second kappa shape index (κ2) is 6.76. The van der Waals surface area contributed by atoms with Crippen molar-refractivity contribution in [3.05, 3.63) is 58.6 Å². The summed E-state index contributed by atoms with van der Waals surface area (Å²) in [4.78, 5) is 23.1. The Kier molecular flexibility index (Phi) is 4.78. The first-order chi connectivity index (χ1) is 10.1. The van der Waals surface area contributed by atoms with Gasteiger partial charge in [0.05, 0.1) is 4.92 Å². The molecule has 21 heavy (non-hydrogen) atoms. The number of non-ortho nitro benzene ring substituents is 1. The van der Waals surface area contributed by atoms with E-state index in [-0.39, 0.29) is 5.69 Å². The lowest BCUT2D eigenvalue weighted by atomic mass is 10.3. The lowest BCUT2D eigenvalue weighted by Crippen LogP contribution is -2.19. The fraction of sp³-hybridized carbons (Fsp3) is 0.0714. The molecule has 6 nitrogen and oxygen atoms in total. The van der Waals surface area contributed by atoms with Crippen molar-refractivity contribution in [3.63, 3.8) is 0 Å². The highest BCUT2D eigenvalue weighted by molar-refractivity contribution is 7.98. The zero-order valence-electron chi connectivity index (χ0n) is 11.2. The summed E-state index contributed by atoms with van der Waals surface area (Å²) in [7, 11) is 0. The number of rotatable bonds is 4. The molecule has 0 aliphatic rings. The van der Waals surface area contributed by atoms with E-state index in [1.165, 1.54) is 18.2 Å². The molecule has 0 saturated carbocycles. The van der Waals surface area contributed by atoms with Crippen LogP contribution in [0.1, 0.15) is 0 Å². The predicted octanol–water partition coefficient (Wildman–Crippen LogP) is 3.96. The third-order valence-corrected chi connectivity index (χ3v) is 3.37. The third kappa shape index (κ3) is 4.22. The molecule has 2 rings (SSSR count). The molecule has 0 aliphatic carbocycles. The third-order valence-electron chi connectivity index (χ3n) is 2.64. The molecular weight excluding hydrogens is 290 g/mol. The zero-order valence-corrected chi connectivity index (χ0v) is 12.0. The van der Waals surface area contributed by atoms with E-state index in [4.69, 9.17) is 0 Å². The number of benzene rings is 2. The van der Waals surface area contributed by atoms with Crippen LogP contribution < -0.4 is 10.6 Å². The van der Waals surface area contributed by atoms with E-state index in [1.807, 2.05) is 24.5 Å². The smallest absolute Gasteiger partial charge is 0.308 e. The van der Waals surface area contributed by atoms with Crippen molar-refractivity contribution in [2.45, 2.75) is 4.90 Å². The molecule has 0 saturated heterocycles. The first kappa shape index (κ1) is 14.9. The summed E-state index contributed by atoms with van der Waals surface area (Å²) in [5.41, 5.74) is 0.949. The molecule has 0 fully saturated rings. The van der Waals surface area contributed by atoms with Gasteiger partial charge in [0.25, 0.3) is 5.69 Å². The molecule has 2 N–H and O–H groups in total. The van der Waals surface area contributed by atoms with Crippen molar-refractivity contribution in [1.29, 1.82) is 0 Å². The summed E-state index contributed by atoms with van der Waals surface area (Å²) < 4.78 is 0. The van der Waals surface area contributed by atoms with Crippen molar-refractivity contribution in [2.75, 3.05) is 16.9 Å². The second-order valence-corrected chi connectivity index (χ2v) is 5.00. The maximum atomic E-state index is 11.9. The summed E-state index contributed by atoms with van der Waals surface area (Å²) >= 11 is 1.57. The number of urea groups is 1. The number of nitro groups is 1. The Bertz CT molecular complexity index is 676. The molecular formula is C14H13N3O3S. The maximum absolute atomic E-state index is 11.9. The summed E-state index contributed by atoms with van der Waals surface area (Å²) in [6.07, 6.45) is 1.95. The molecule has 0 bridgehead atoms. The number of hydrogen-bond donors (Lipinski definition) is 2. The highest BCUT2D eigenvalue weighted by Crippen LogP contribution is 2.20. The highest BCUT2D eigenvalue weighted by Gasteiger charge is 2.08. The minimum atomic E-state index is -0.509. The molecule has 2 amide bonds. The van der Waals surface area contributed by atoms with Gasteiger partial charge in [0.1, 0.15) is 0 Å². The van der Waals surface area contributed by atoms with Gasteiger partial charge in [-0.2, -0.15) is 0 Å². The molecule has 108 valence electrons. The number of hydrogen-bond acceptors (Lipinski definition) is 4. The van der Waals surface area contributed by atoms with Crippen LogP contribution in [0.2, 0.25) is 0 Å². The van der Waals surface area contributed by atoms with E-state index in [2.05, 4.69) is 10.6 Å². The second-order valence-electron chi connectivity index (χ2n) is 4.12. The Balaban J connectivity index is 2.04. The summed E-state index contributed by atoms with van der Waals surface area (Å²) in [5.74, 6) is 0. The van der Waals surface area contributed by atoms with Crippen LogP contribution in [-0.2, 0) is 0 Å². The largest absolute Gasteiger partial charge is 0.323 e. The molecule has 0 aromatic heterocycles. The number of anilines is 2. The number of nitrogens with zero attached hydrogens (tertiary/aromatic N) is 1. The summed E-state index contributed by atoms with van der Waals surface area (Å²) in [5, 5.41) is 15.9. The lowest BCUT2D eigenvalue weighted by molar-refractivity contribution is -0.384. The molecule has 2 aromatic rings. The molecule has 0 atom stereocenters. The molecule has 0 radical (unpaired) electrons. The van der Waals surface area contributed by atoms with Gasteiger partial charge in [-0.25, -0.2) is 4.79 Å². The quantitative estimate of drug-likeness (QED) is 0.508. The minimum absolute atomic E-state index is 0.0721. The standard InChI is InChI=1S/C14H13N3O3S/c1-21-13-7-3-5-11(9-13)16-14(18)15-10-4-2-6-12(8-10)17(19)20/h2-9H,1H3,(H2,15,16,18). The first-order valence-electron chi connectivity index (χ1n) is 6.05. The van der Waals surface area contributed by atoms with E-state index < -0.39 is 11.0 Å². The van der Waals surface area contributed by atoms with Gasteiger partial charge in [0.15, 0.2) is 0 Å². The number of carbonyl (C=O) groups excluding carboxylic acids is 1. The highest BCUT2D eigenvalue weighted by atomic mass is 32.2. The monoisotopic (exact) mass is 303 g/mol. The van der Waals surface area contributed by atoms with Gasteiger partial charge >= 0.3 is 6.03 Å². The van der Waals surface area contributed by atoms with E-state index >= 15 is 0 Å². The van der Waals surface area contributed by atoms with Gasteiger partial charge in [-0.15, -0.1) is 11.8 Å². The van der Waals surface area contributed by atoms with Crippen LogP contribution in [-0.4, -0.2) is 17.2 Å². The average Bonchev–Trinajstić information content (AvgIpc) is 2.47. The minimum Gasteiger partial charge on any atom is -0.308 e. The summed E-state index contributed by atoms with van der Waals surface area (Å²) in [6.45, 7) is 0. The number of carbonyl (C=O) groups is 1. The summed E-state index contributed by atoms with van der Waals surface area (Å²) in [6, 6.07) is 12.7. The van der Waals surface area contributed by atoms with Crippen LogP contribution in [0.15, 0.2) is 53.4 Å². The predicted molar refractivity (Wildman–Crippen MR) is 84.0 cm³/mol. The van der Waals surface area contributed by atoms with Crippen LogP contribution in [0.4, 0.5) is 21.9 Å². The Labute approximate surface area is 125 Å². The lowest BCUT2D eigenvalue weighted by Gasteiger charge is -2.08. The van der Waals surface area contributed by atoms with E-state index in [0.29, 0.717) is 11.4 Å². The zero-order chi connectivity index (χ0) is 15.2. The Morgan fingerprint density at radius 1 is 1.10 bits per heavy atom. The van der Waals surface area contributed by atoms with Crippen LogP contribution in [0, 0.1) is 10.1 Å². The molecule has 0 unspecified atom stereocenters. The van der Waals surface area contributed by atoms with Gasteiger partial charge in [-0.3, -0.25) is 10.1 Å². The van der Waals surface area contributed by atoms with Gasteiger partial charge in [-0.1, -0.05) is 12.1 Å². The molecule has 7 heteroatoms. The normalized spacial score (nSPS) is 9.95. The molecule has 0 aliphatic heterocycles. The van der Waals surface area contributed by atoms with Crippen molar-refractivity contribution in [3.8, 4) is 0 Å². The molecule has 0 heterocycles.